The van der Waals surface area contributed by atoms with Crippen molar-refractivity contribution >= 4 is 11.0 Å². The molecule has 0 saturated carbocycles. The summed E-state index contributed by atoms with van der Waals surface area (Å²) >= 11 is 0. The fraction of sp³-hybridized carbons (Fsp3) is 0.500. The van der Waals surface area contributed by atoms with Crippen LogP contribution in [0, 0.1) is 5.92 Å². The lowest BCUT2D eigenvalue weighted by Gasteiger charge is -2.05. The molecule has 2 aromatic rings. The van der Waals surface area contributed by atoms with Crippen LogP contribution in [0.2, 0.25) is 0 Å². The number of furan rings is 1. The van der Waals surface area contributed by atoms with Crippen LogP contribution in [0.5, 0.6) is 5.75 Å². The van der Waals surface area contributed by atoms with Crippen LogP contribution in [0.3, 0.4) is 0 Å². The number of para-hydroxylation sites is 1. The van der Waals surface area contributed by atoms with Gasteiger partial charge in [-0.25, -0.2) is 0 Å². The van der Waals surface area contributed by atoms with Crippen molar-refractivity contribution in [1.82, 2.24) is 5.32 Å². The Kier molecular flexibility index (Phi) is 4.86. The van der Waals surface area contributed by atoms with Crippen molar-refractivity contribution in [2.45, 2.75) is 33.2 Å². The third-order valence-corrected chi connectivity index (χ3v) is 3.21. The van der Waals surface area contributed by atoms with Crippen LogP contribution in [0.4, 0.5) is 0 Å². The lowest BCUT2D eigenvalue weighted by molar-refractivity contribution is 0.406. The fourth-order valence-electron chi connectivity index (χ4n) is 2.18. The van der Waals surface area contributed by atoms with Gasteiger partial charge in [-0.3, -0.25) is 0 Å². The van der Waals surface area contributed by atoms with Gasteiger partial charge in [0.1, 0.15) is 5.76 Å². The molecule has 2 rings (SSSR count). The van der Waals surface area contributed by atoms with Crippen LogP contribution in [0.15, 0.2) is 28.7 Å². The number of fused-ring (bicyclic) bond motifs is 1. The number of benzene rings is 1. The van der Waals surface area contributed by atoms with Crippen molar-refractivity contribution in [2.75, 3.05) is 13.7 Å². The molecule has 1 heterocycles. The first kappa shape index (κ1) is 13.9. The predicted molar refractivity (Wildman–Crippen MR) is 78.5 cm³/mol. The number of nitrogens with one attached hydrogen (secondary N) is 1. The summed E-state index contributed by atoms with van der Waals surface area (Å²) in [6.45, 7) is 6.32. The number of hydrogen-bond donors (Lipinski definition) is 1. The molecule has 1 aromatic heterocycles. The quantitative estimate of drug-likeness (QED) is 0.766. The molecule has 1 N–H and O–H groups in total. The fourth-order valence-corrected chi connectivity index (χ4v) is 2.18. The van der Waals surface area contributed by atoms with Crippen LogP contribution in [0.25, 0.3) is 11.0 Å². The molecule has 0 spiro atoms. The predicted octanol–water partition coefficient (Wildman–Crippen LogP) is 3.97. The zero-order valence-electron chi connectivity index (χ0n) is 12.0. The van der Waals surface area contributed by atoms with Crippen molar-refractivity contribution < 1.29 is 9.15 Å². The van der Waals surface area contributed by atoms with Gasteiger partial charge in [0.2, 0.25) is 0 Å². The van der Waals surface area contributed by atoms with Crippen molar-refractivity contribution in [3.05, 3.63) is 30.0 Å². The topological polar surface area (TPSA) is 34.4 Å². The van der Waals surface area contributed by atoms with E-state index in [4.69, 9.17) is 9.15 Å². The molecule has 0 unspecified atom stereocenters. The van der Waals surface area contributed by atoms with E-state index in [0.29, 0.717) is 0 Å². The van der Waals surface area contributed by atoms with Gasteiger partial charge in [-0.05, 0) is 37.4 Å². The molecule has 0 bridgehead atoms. The highest BCUT2D eigenvalue weighted by Crippen LogP contribution is 2.28. The van der Waals surface area contributed by atoms with Gasteiger partial charge in [0.25, 0.3) is 0 Å². The Morgan fingerprint density at radius 3 is 2.89 bits per heavy atom. The van der Waals surface area contributed by atoms with Gasteiger partial charge in [0.15, 0.2) is 11.3 Å². The summed E-state index contributed by atoms with van der Waals surface area (Å²) in [6.07, 6.45) is 2.47. The standard InChI is InChI=1S/C16H23NO2/c1-12(2)6-5-9-17-11-14-10-13-7-4-8-15(18-3)16(13)19-14/h4,7-8,10,12,17H,5-6,9,11H2,1-3H3. The Balaban J connectivity index is 1.91. The van der Waals surface area contributed by atoms with Crippen LogP contribution in [-0.4, -0.2) is 13.7 Å². The highest BCUT2D eigenvalue weighted by molar-refractivity contribution is 5.83. The van der Waals surface area contributed by atoms with Crippen LogP contribution >= 0.6 is 0 Å². The maximum atomic E-state index is 5.83. The minimum absolute atomic E-state index is 0.774. The highest BCUT2D eigenvalue weighted by atomic mass is 16.5. The van der Waals surface area contributed by atoms with Crippen molar-refractivity contribution in [1.29, 1.82) is 0 Å². The molecule has 0 aliphatic rings. The van der Waals surface area contributed by atoms with E-state index >= 15 is 0 Å². The maximum Gasteiger partial charge on any atom is 0.176 e. The molecule has 0 fully saturated rings. The van der Waals surface area contributed by atoms with Gasteiger partial charge in [0, 0.05) is 5.39 Å². The Hall–Kier alpha value is -1.48. The maximum absolute atomic E-state index is 5.83. The van der Waals surface area contributed by atoms with Crippen molar-refractivity contribution in [3.63, 3.8) is 0 Å². The second kappa shape index (κ2) is 6.62. The monoisotopic (exact) mass is 261 g/mol. The Morgan fingerprint density at radius 2 is 2.16 bits per heavy atom. The van der Waals surface area contributed by atoms with Gasteiger partial charge < -0.3 is 14.5 Å². The zero-order chi connectivity index (χ0) is 13.7. The summed E-state index contributed by atoms with van der Waals surface area (Å²) in [6, 6.07) is 8.03. The van der Waals surface area contributed by atoms with E-state index in [0.717, 1.165) is 41.5 Å². The average molecular weight is 261 g/mol. The minimum Gasteiger partial charge on any atom is -0.493 e. The van der Waals surface area contributed by atoms with E-state index in [2.05, 4.69) is 25.2 Å². The third-order valence-electron chi connectivity index (χ3n) is 3.21. The Labute approximate surface area is 114 Å². The summed E-state index contributed by atoms with van der Waals surface area (Å²) in [5.41, 5.74) is 0.837. The molecule has 0 atom stereocenters. The molecule has 104 valence electrons. The normalized spacial score (nSPS) is 11.4. The first-order valence-corrected chi connectivity index (χ1v) is 6.97. The number of ether oxygens (including phenoxy) is 1. The molecular weight excluding hydrogens is 238 g/mol. The van der Waals surface area contributed by atoms with Gasteiger partial charge in [0.05, 0.1) is 13.7 Å². The first-order valence-electron chi connectivity index (χ1n) is 6.97. The smallest absolute Gasteiger partial charge is 0.176 e. The highest BCUT2D eigenvalue weighted by Gasteiger charge is 2.07. The summed E-state index contributed by atoms with van der Waals surface area (Å²) in [7, 11) is 1.67. The molecule has 0 aliphatic heterocycles. The van der Waals surface area contributed by atoms with Crippen LogP contribution in [-0.2, 0) is 6.54 Å². The summed E-state index contributed by atoms with van der Waals surface area (Å²) < 4.78 is 11.1. The van der Waals surface area contributed by atoms with Crippen LogP contribution < -0.4 is 10.1 Å². The van der Waals surface area contributed by atoms with Crippen LogP contribution in [0.1, 0.15) is 32.4 Å². The van der Waals surface area contributed by atoms with Gasteiger partial charge in [-0.1, -0.05) is 26.0 Å². The third kappa shape index (κ3) is 3.74. The summed E-state index contributed by atoms with van der Waals surface area (Å²) in [5.74, 6) is 2.53. The van der Waals surface area contributed by atoms with Gasteiger partial charge in [-0.2, -0.15) is 0 Å². The first-order chi connectivity index (χ1) is 9.20. The average Bonchev–Trinajstić information content (AvgIpc) is 2.80. The van der Waals surface area contributed by atoms with E-state index in [1.807, 2.05) is 18.2 Å². The Bertz CT molecular complexity index is 516. The number of rotatable bonds is 7. The Morgan fingerprint density at radius 1 is 1.32 bits per heavy atom. The number of hydrogen-bond acceptors (Lipinski definition) is 3. The SMILES string of the molecule is COc1cccc2cc(CNCCCC(C)C)oc12. The largest absolute Gasteiger partial charge is 0.493 e. The molecule has 1 aromatic carbocycles. The van der Waals surface area contributed by atoms with E-state index in [1.54, 1.807) is 7.11 Å². The second-order valence-corrected chi connectivity index (χ2v) is 5.30. The molecule has 3 nitrogen and oxygen atoms in total. The summed E-state index contributed by atoms with van der Waals surface area (Å²) in [4.78, 5) is 0. The number of methoxy groups -OCH3 is 1. The van der Waals surface area contributed by atoms with E-state index in [9.17, 15) is 0 Å². The van der Waals surface area contributed by atoms with E-state index < -0.39 is 0 Å². The lowest BCUT2D eigenvalue weighted by Crippen LogP contribution is -2.14. The van der Waals surface area contributed by atoms with Gasteiger partial charge >= 0.3 is 0 Å². The van der Waals surface area contributed by atoms with E-state index in [1.165, 1.54) is 12.8 Å². The molecule has 0 amide bonds. The molecular formula is C16H23NO2. The molecule has 0 radical (unpaired) electrons. The molecule has 0 aliphatic carbocycles. The van der Waals surface area contributed by atoms with Crippen molar-refractivity contribution in [3.8, 4) is 5.75 Å². The second-order valence-electron chi connectivity index (χ2n) is 5.30. The lowest BCUT2D eigenvalue weighted by atomic mass is 10.1. The summed E-state index contributed by atoms with van der Waals surface area (Å²) in [5, 5.41) is 4.52. The zero-order valence-corrected chi connectivity index (χ0v) is 12.0. The van der Waals surface area contributed by atoms with E-state index in [-0.39, 0.29) is 0 Å². The minimum atomic E-state index is 0.774. The molecule has 19 heavy (non-hydrogen) atoms. The molecule has 0 saturated heterocycles. The van der Waals surface area contributed by atoms with Crippen molar-refractivity contribution in [2.24, 2.45) is 5.92 Å². The molecule has 3 heteroatoms. The van der Waals surface area contributed by atoms with Gasteiger partial charge in [-0.15, -0.1) is 0 Å².